The number of nitrogens with zero attached hydrogens (tertiary/aromatic N) is 3. The second-order valence-corrected chi connectivity index (χ2v) is 4.27. The first-order valence-electron chi connectivity index (χ1n) is 5.53. The molecular weight excluding hydrogens is 238 g/mol. The monoisotopic (exact) mass is 255 g/mol. The number of aryl methyl sites for hydroxylation is 1. The minimum atomic E-state index is -1.32. The molecule has 0 bridgehead atoms. The van der Waals surface area contributed by atoms with E-state index in [0.29, 0.717) is 12.4 Å². The molecule has 18 heavy (non-hydrogen) atoms. The summed E-state index contributed by atoms with van der Waals surface area (Å²) in [5.41, 5.74) is -1.32. The molecule has 1 heterocycles. The number of aromatic nitrogens is 3. The lowest BCUT2D eigenvalue weighted by atomic mass is 10.1. The third-order valence-electron chi connectivity index (χ3n) is 2.40. The molecule has 3 N–H and O–H groups in total. The van der Waals surface area contributed by atoms with Crippen molar-refractivity contribution in [1.29, 1.82) is 0 Å². The summed E-state index contributed by atoms with van der Waals surface area (Å²) in [7, 11) is 0. The largest absolute Gasteiger partial charge is 0.480 e. The second-order valence-electron chi connectivity index (χ2n) is 4.27. The van der Waals surface area contributed by atoms with Crippen molar-refractivity contribution >= 4 is 12.0 Å². The van der Waals surface area contributed by atoms with Gasteiger partial charge in [0.1, 0.15) is 11.9 Å². The van der Waals surface area contributed by atoms with Crippen LogP contribution < -0.4 is 10.6 Å². The maximum absolute atomic E-state index is 11.5. The molecule has 0 unspecified atom stereocenters. The van der Waals surface area contributed by atoms with E-state index in [2.05, 4.69) is 20.8 Å². The van der Waals surface area contributed by atoms with Crippen molar-refractivity contribution in [2.45, 2.75) is 39.4 Å². The van der Waals surface area contributed by atoms with E-state index < -0.39 is 17.5 Å². The highest BCUT2D eigenvalue weighted by Gasteiger charge is 2.28. The van der Waals surface area contributed by atoms with E-state index >= 15 is 0 Å². The van der Waals surface area contributed by atoms with Gasteiger partial charge in [-0.2, -0.15) is 0 Å². The van der Waals surface area contributed by atoms with Crippen molar-refractivity contribution < 1.29 is 14.7 Å². The number of carboxylic acids is 1. The average Bonchev–Trinajstić information content (AvgIpc) is 2.72. The van der Waals surface area contributed by atoms with Crippen LogP contribution in [-0.2, 0) is 17.9 Å². The van der Waals surface area contributed by atoms with Crippen molar-refractivity contribution in [3.8, 4) is 0 Å². The van der Waals surface area contributed by atoms with Gasteiger partial charge in [0, 0.05) is 6.54 Å². The Morgan fingerprint density at radius 3 is 2.72 bits per heavy atom. The fourth-order valence-corrected chi connectivity index (χ4v) is 1.22. The van der Waals surface area contributed by atoms with E-state index in [-0.39, 0.29) is 6.54 Å². The first-order chi connectivity index (χ1) is 8.36. The van der Waals surface area contributed by atoms with Crippen LogP contribution in [0.2, 0.25) is 0 Å². The molecule has 0 spiro atoms. The number of carbonyl (C=O) groups is 2. The Hall–Kier alpha value is -2.12. The van der Waals surface area contributed by atoms with Crippen molar-refractivity contribution in [2.24, 2.45) is 0 Å². The Bertz CT molecular complexity index is 440. The Labute approximate surface area is 104 Å². The van der Waals surface area contributed by atoms with E-state index in [0.717, 1.165) is 0 Å². The molecule has 8 heteroatoms. The van der Waals surface area contributed by atoms with Gasteiger partial charge in [-0.15, -0.1) is 10.2 Å². The SMILES string of the molecule is CCn1cnnc1CNC(=O)NC(C)(C)C(=O)O. The summed E-state index contributed by atoms with van der Waals surface area (Å²) < 4.78 is 1.78. The molecule has 0 radical (unpaired) electrons. The number of urea groups is 1. The van der Waals surface area contributed by atoms with Crippen LogP contribution in [-0.4, -0.2) is 37.4 Å². The third kappa shape index (κ3) is 3.44. The van der Waals surface area contributed by atoms with Gasteiger partial charge in [-0.05, 0) is 20.8 Å². The van der Waals surface area contributed by atoms with Gasteiger partial charge in [-0.25, -0.2) is 9.59 Å². The lowest BCUT2D eigenvalue weighted by molar-refractivity contribution is -0.142. The zero-order chi connectivity index (χ0) is 13.8. The van der Waals surface area contributed by atoms with Crippen molar-refractivity contribution in [3.05, 3.63) is 12.2 Å². The third-order valence-corrected chi connectivity index (χ3v) is 2.40. The van der Waals surface area contributed by atoms with Crippen LogP contribution in [0.4, 0.5) is 4.79 Å². The van der Waals surface area contributed by atoms with Crippen LogP contribution in [0.5, 0.6) is 0 Å². The number of aliphatic carboxylic acids is 1. The fourth-order valence-electron chi connectivity index (χ4n) is 1.22. The van der Waals surface area contributed by atoms with Crippen molar-refractivity contribution in [3.63, 3.8) is 0 Å². The summed E-state index contributed by atoms with van der Waals surface area (Å²) >= 11 is 0. The van der Waals surface area contributed by atoms with Gasteiger partial charge >= 0.3 is 12.0 Å². The number of rotatable bonds is 5. The highest BCUT2D eigenvalue weighted by Crippen LogP contribution is 2.01. The molecular formula is C10H17N5O3. The number of amides is 2. The first kappa shape index (κ1) is 13.9. The molecule has 2 amide bonds. The number of carbonyl (C=O) groups excluding carboxylic acids is 1. The Kier molecular flexibility index (Phi) is 4.24. The van der Waals surface area contributed by atoms with E-state index in [9.17, 15) is 9.59 Å². The van der Waals surface area contributed by atoms with Crippen LogP contribution in [0, 0.1) is 0 Å². The Morgan fingerprint density at radius 1 is 1.50 bits per heavy atom. The van der Waals surface area contributed by atoms with E-state index in [1.54, 1.807) is 10.9 Å². The number of carboxylic acid groups (broad SMARTS) is 1. The molecule has 0 aliphatic carbocycles. The molecule has 0 aromatic carbocycles. The fraction of sp³-hybridized carbons (Fsp3) is 0.600. The van der Waals surface area contributed by atoms with Crippen LogP contribution in [0.3, 0.4) is 0 Å². The summed E-state index contributed by atoms with van der Waals surface area (Å²) in [6, 6.07) is -0.562. The second kappa shape index (κ2) is 5.48. The number of hydrogen-bond acceptors (Lipinski definition) is 4. The standard InChI is InChI=1S/C10H17N5O3/c1-4-15-6-12-14-7(15)5-11-9(18)13-10(2,3)8(16)17/h6H,4-5H2,1-3H3,(H,16,17)(H2,11,13,18). The van der Waals surface area contributed by atoms with Crippen LogP contribution >= 0.6 is 0 Å². The summed E-state index contributed by atoms with van der Waals surface area (Å²) in [4.78, 5) is 22.3. The van der Waals surface area contributed by atoms with Gasteiger partial charge < -0.3 is 20.3 Å². The molecule has 0 aliphatic rings. The molecule has 1 aromatic rings. The highest BCUT2D eigenvalue weighted by molar-refractivity contribution is 5.85. The maximum Gasteiger partial charge on any atom is 0.328 e. The molecule has 100 valence electrons. The topological polar surface area (TPSA) is 109 Å². The van der Waals surface area contributed by atoms with Gasteiger partial charge in [-0.1, -0.05) is 0 Å². The molecule has 0 fully saturated rings. The molecule has 1 rings (SSSR count). The zero-order valence-corrected chi connectivity index (χ0v) is 10.6. The molecule has 0 saturated heterocycles. The normalized spacial score (nSPS) is 11.1. The van der Waals surface area contributed by atoms with Crippen LogP contribution in [0.25, 0.3) is 0 Å². The van der Waals surface area contributed by atoms with Crippen molar-refractivity contribution in [1.82, 2.24) is 25.4 Å². The van der Waals surface area contributed by atoms with Gasteiger partial charge in [-0.3, -0.25) is 0 Å². The number of nitrogens with one attached hydrogen (secondary N) is 2. The quantitative estimate of drug-likeness (QED) is 0.684. The summed E-state index contributed by atoms with van der Waals surface area (Å²) in [6.07, 6.45) is 1.57. The van der Waals surface area contributed by atoms with Gasteiger partial charge in [0.15, 0.2) is 5.82 Å². The maximum atomic E-state index is 11.5. The smallest absolute Gasteiger partial charge is 0.328 e. The van der Waals surface area contributed by atoms with E-state index in [4.69, 9.17) is 5.11 Å². The Balaban J connectivity index is 2.50. The zero-order valence-electron chi connectivity index (χ0n) is 10.6. The van der Waals surface area contributed by atoms with E-state index in [1.165, 1.54) is 13.8 Å². The molecule has 0 saturated carbocycles. The van der Waals surface area contributed by atoms with Crippen LogP contribution in [0.15, 0.2) is 6.33 Å². The first-order valence-corrected chi connectivity index (χ1v) is 5.53. The lowest BCUT2D eigenvalue weighted by Crippen LogP contribution is -2.53. The summed E-state index contributed by atoms with van der Waals surface area (Å²) in [5.74, 6) is -0.491. The highest BCUT2D eigenvalue weighted by atomic mass is 16.4. The molecule has 0 atom stereocenters. The van der Waals surface area contributed by atoms with Crippen molar-refractivity contribution in [2.75, 3.05) is 0 Å². The van der Waals surface area contributed by atoms with Gasteiger partial charge in [0.05, 0.1) is 6.54 Å². The van der Waals surface area contributed by atoms with E-state index in [1.807, 2.05) is 6.92 Å². The predicted octanol–water partition coefficient (Wildman–Crippen LogP) is -0.0396. The van der Waals surface area contributed by atoms with Crippen LogP contribution in [0.1, 0.15) is 26.6 Å². The average molecular weight is 255 g/mol. The Morgan fingerprint density at radius 2 is 2.17 bits per heavy atom. The summed E-state index contributed by atoms with van der Waals surface area (Å²) in [6.45, 7) is 5.63. The molecule has 0 aliphatic heterocycles. The predicted molar refractivity (Wildman–Crippen MR) is 62.8 cm³/mol. The number of hydrogen-bond donors (Lipinski definition) is 3. The van der Waals surface area contributed by atoms with Gasteiger partial charge in [0.25, 0.3) is 0 Å². The minimum absolute atomic E-state index is 0.190. The lowest BCUT2D eigenvalue weighted by Gasteiger charge is -2.21. The molecule has 1 aromatic heterocycles. The minimum Gasteiger partial charge on any atom is -0.480 e. The van der Waals surface area contributed by atoms with Gasteiger partial charge in [0.2, 0.25) is 0 Å². The summed E-state index contributed by atoms with van der Waals surface area (Å²) in [5, 5.41) is 21.3. The molecule has 8 nitrogen and oxygen atoms in total.